The molecule has 244 valence electrons. The number of benzene rings is 1. The number of ether oxygens (including phenoxy) is 3. The summed E-state index contributed by atoms with van der Waals surface area (Å²) in [5.41, 5.74) is 5.20. The van der Waals surface area contributed by atoms with Crippen molar-refractivity contribution < 1.29 is 42.8 Å². The van der Waals surface area contributed by atoms with Crippen molar-refractivity contribution in [3.05, 3.63) is 41.6 Å². The minimum Gasteiger partial charge on any atom is -0.462 e. The number of nitrogens with zero attached hydrogens (tertiary/aromatic N) is 3. The third-order valence-corrected chi connectivity index (χ3v) is 9.98. The molecular formula is C29H44N5O9P. The number of hydrogen-bond donors (Lipinski definition) is 4. The molecule has 5 N–H and O–H groups in total. The number of rotatable bonds is 12. The van der Waals surface area contributed by atoms with Crippen molar-refractivity contribution in [3.63, 3.8) is 0 Å². The molecule has 14 nitrogen and oxygen atoms in total. The highest BCUT2D eigenvalue weighted by molar-refractivity contribution is 7.52. The molecule has 1 fully saturated rings. The average molecular weight is 638 g/mol. The molecule has 3 heterocycles. The highest BCUT2D eigenvalue weighted by Crippen LogP contribution is 2.51. The van der Waals surface area contributed by atoms with Gasteiger partial charge in [-0.2, -0.15) is 10.2 Å². The van der Waals surface area contributed by atoms with E-state index in [1.165, 1.54) is 20.4 Å². The Morgan fingerprint density at radius 2 is 1.93 bits per heavy atom. The zero-order chi connectivity index (χ0) is 32.5. The SMILES string of the molecule is COCCOC(=O)[C@H](C)NP(=O)(OC[C@H]1O[C@@](C)(C2(C)CC=C3C(N)=NC=NN32)[C@H](O)[C@@H]1O)Oc1ccc(C(C)(C)C)cc1. The molecule has 0 bridgehead atoms. The van der Waals surface area contributed by atoms with Crippen molar-refractivity contribution in [2.45, 2.75) is 88.9 Å². The number of hydrazone groups is 1. The number of methoxy groups -OCH3 is 1. The number of esters is 1. The fourth-order valence-corrected chi connectivity index (χ4v) is 6.88. The lowest BCUT2D eigenvalue weighted by Gasteiger charge is -2.47. The second-order valence-corrected chi connectivity index (χ2v) is 14.2. The summed E-state index contributed by atoms with van der Waals surface area (Å²) in [6.07, 6.45) is -0.376. The summed E-state index contributed by atoms with van der Waals surface area (Å²) in [6, 6.07) is 5.91. The van der Waals surface area contributed by atoms with Crippen LogP contribution in [0.25, 0.3) is 0 Å². The van der Waals surface area contributed by atoms with E-state index in [4.69, 9.17) is 29.0 Å². The number of nitrogens with two attached hydrogens (primary N) is 1. The minimum atomic E-state index is -4.29. The van der Waals surface area contributed by atoms with E-state index in [-0.39, 0.29) is 30.2 Å². The van der Waals surface area contributed by atoms with Crippen LogP contribution in [-0.2, 0) is 33.5 Å². The molecule has 0 spiro atoms. The Kier molecular flexibility index (Phi) is 9.96. The molecule has 3 aliphatic rings. The van der Waals surface area contributed by atoms with E-state index >= 15 is 0 Å². The second kappa shape index (κ2) is 12.9. The van der Waals surface area contributed by atoms with Crippen molar-refractivity contribution in [2.24, 2.45) is 15.8 Å². The molecule has 0 aliphatic carbocycles. The smallest absolute Gasteiger partial charge is 0.459 e. The lowest BCUT2D eigenvalue weighted by molar-refractivity contribution is -0.152. The van der Waals surface area contributed by atoms with Crippen molar-refractivity contribution in [3.8, 4) is 5.75 Å². The first-order chi connectivity index (χ1) is 20.5. The molecule has 0 radical (unpaired) electrons. The molecule has 1 aromatic rings. The van der Waals surface area contributed by atoms with Gasteiger partial charge in [-0.25, -0.2) is 9.56 Å². The van der Waals surface area contributed by atoms with E-state index in [9.17, 15) is 19.6 Å². The van der Waals surface area contributed by atoms with E-state index in [1.807, 2.05) is 25.1 Å². The van der Waals surface area contributed by atoms with Crippen LogP contribution in [-0.4, -0.2) is 95.8 Å². The van der Waals surface area contributed by atoms with Crippen molar-refractivity contribution in [1.82, 2.24) is 10.1 Å². The van der Waals surface area contributed by atoms with E-state index in [0.717, 1.165) is 5.56 Å². The fourth-order valence-electron chi connectivity index (χ4n) is 5.37. The van der Waals surface area contributed by atoms with Crippen LogP contribution in [0.5, 0.6) is 5.75 Å². The zero-order valence-corrected chi connectivity index (χ0v) is 27.1. The standard InChI is InChI=1S/C29H44N5O9P/c1-18(26(37)40-15-14-39-7)33-44(38,43-20-10-8-19(9-11-20)27(2,3)4)41-16-22-23(35)24(36)29(6,42-22)28(5)13-12-21-25(30)31-17-32-34(21)28/h8-12,17-18,22-24,35-36H,13-16H2,1-7H3,(H,33,38)(H2,30,31,32)/t18-,22+,23+,24+,28?,29+,44?/m0/s1. The summed E-state index contributed by atoms with van der Waals surface area (Å²) in [5, 5.41) is 30.9. The minimum absolute atomic E-state index is 0.00805. The molecule has 4 rings (SSSR count). The van der Waals surface area contributed by atoms with Crippen LogP contribution in [0, 0.1) is 0 Å². The number of aliphatic hydroxyl groups is 2. The first kappa shape index (κ1) is 34.0. The van der Waals surface area contributed by atoms with Crippen LogP contribution in [0.15, 0.2) is 46.1 Å². The molecule has 0 amide bonds. The number of aliphatic hydroxyl groups excluding tert-OH is 2. The van der Waals surface area contributed by atoms with Crippen LogP contribution in [0.1, 0.15) is 53.5 Å². The molecule has 0 aromatic heterocycles. The van der Waals surface area contributed by atoms with Gasteiger partial charge in [0, 0.05) is 7.11 Å². The normalized spacial score (nSPS) is 30.3. The van der Waals surface area contributed by atoms with Crippen molar-refractivity contribution in [2.75, 3.05) is 26.9 Å². The zero-order valence-electron chi connectivity index (χ0n) is 26.2. The Hall–Kier alpha value is -2.84. The highest BCUT2D eigenvalue weighted by Gasteiger charge is 2.64. The first-order valence-corrected chi connectivity index (χ1v) is 16.0. The van der Waals surface area contributed by atoms with Crippen LogP contribution >= 0.6 is 7.75 Å². The van der Waals surface area contributed by atoms with Gasteiger partial charge in [-0.15, -0.1) is 0 Å². The first-order valence-electron chi connectivity index (χ1n) is 14.4. The maximum atomic E-state index is 14.1. The number of aliphatic imine (C=N–C) groups is 1. The molecule has 44 heavy (non-hydrogen) atoms. The molecule has 15 heteroatoms. The Balaban J connectivity index is 1.52. The van der Waals surface area contributed by atoms with Crippen molar-refractivity contribution >= 4 is 25.9 Å². The lowest BCUT2D eigenvalue weighted by atomic mass is 9.76. The molecule has 7 atom stereocenters. The predicted octanol–water partition coefficient (Wildman–Crippen LogP) is 2.20. The van der Waals surface area contributed by atoms with Gasteiger partial charge in [0.25, 0.3) is 0 Å². The summed E-state index contributed by atoms with van der Waals surface area (Å²) in [4.78, 5) is 16.6. The van der Waals surface area contributed by atoms with Crippen LogP contribution < -0.4 is 15.3 Å². The van der Waals surface area contributed by atoms with Crippen LogP contribution in [0.2, 0.25) is 0 Å². The summed E-state index contributed by atoms with van der Waals surface area (Å²) >= 11 is 0. The quantitative estimate of drug-likeness (QED) is 0.149. The van der Waals surface area contributed by atoms with Gasteiger partial charge in [0.05, 0.1) is 24.4 Å². The number of carbonyl (C=O) groups is 1. The fraction of sp³-hybridized carbons (Fsp3) is 0.621. The number of hydrogen-bond acceptors (Lipinski definition) is 13. The van der Waals surface area contributed by atoms with Gasteiger partial charge in [-0.05, 0) is 50.3 Å². The van der Waals surface area contributed by atoms with Gasteiger partial charge in [-0.3, -0.25) is 14.3 Å². The van der Waals surface area contributed by atoms with Gasteiger partial charge in [-0.1, -0.05) is 39.0 Å². The summed E-state index contributed by atoms with van der Waals surface area (Å²) < 4.78 is 42.1. The number of fused-ring (bicyclic) bond motifs is 1. The molecule has 3 aliphatic heterocycles. The Morgan fingerprint density at radius 3 is 2.57 bits per heavy atom. The number of amidine groups is 1. The predicted molar refractivity (Wildman–Crippen MR) is 163 cm³/mol. The lowest BCUT2D eigenvalue weighted by Crippen LogP contribution is -2.63. The Labute approximate surface area is 257 Å². The number of nitrogens with one attached hydrogen (secondary N) is 1. The summed E-state index contributed by atoms with van der Waals surface area (Å²) in [7, 11) is -2.82. The molecule has 1 aromatic carbocycles. The molecular weight excluding hydrogens is 593 g/mol. The van der Waals surface area contributed by atoms with Gasteiger partial charge < -0.3 is 34.7 Å². The Bertz CT molecular complexity index is 1350. The van der Waals surface area contributed by atoms with Gasteiger partial charge in [0.15, 0.2) is 5.84 Å². The van der Waals surface area contributed by atoms with Crippen LogP contribution in [0.4, 0.5) is 0 Å². The Morgan fingerprint density at radius 1 is 1.25 bits per heavy atom. The van der Waals surface area contributed by atoms with E-state index < -0.39 is 55.8 Å². The van der Waals surface area contributed by atoms with Gasteiger partial charge in [0.1, 0.15) is 48.6 Å². The molecule has 0 saturated carbocycles. The van der Waals surface area contributed by atoms with Crippen molar-refractivity contribution in [1.29, 1.82) is 0 Å². The summed E-state index contributed by atoms with van der Waals surface area (Å²) in [5.74, 6) is -0.194. The van der Waals surface area contributed by atoms with Crippen LogP contribution in [0.3, 0.4) is 0 Å². The van der Waals surface area contributed by atoms with Gasteiger partial charge in [0.2, 0.25) is 0 Å². The third kappa shape index (κ3) is 6.71. The summed E-state index contributed by atoms with van der Waals surface area (Å²) in [6.45, 7) is 10.9. The monoisotopic (exact) mass is 637 g/mol. The van der Waals surface area contributed by atoms with E-state index in [2.05, 4.69) is 36.0 Å². The number of carbonyl (C=O) groups excluding carboxylic acids is 1. The van der Waals surface area contributed by atoms with E-state index in [1.54, 1.807) is 24.1 Å². The molecule has 1 saturated heterocycles. The topological polar surface area (TPSA) is 187 Å². The largest absolute Gasteiger partial charge is 0.462 e. The average Bonchev–Trinajstić information content (AvgIpc) is 3.43. The highest BCUT2D eigenvalue weighted by atomic mass is 31.2. The maximum Gasteiger partial charge on any atom is 0.459 e. The van der Waals surface area contributed by atoms with Gasteiger partial charge >= 0.3 is 13.7 Å². The third-order valence-electron chi connectivity index (χ3n) is 8.34. The second-order valence-electron chi connectivity index (χ2n) is 12.5. The van der Waals surface area contributed by atoms with E-state index in [0.29, 0.717) is 12.1 Å². The molecule has 2 unspecified atom stereocenters. The maximum absolute atomic E-state index is 14.1.